The molecule has 3 aliphatic heterocycles. The number of hydrogen-bond acceptors (Lipinski definition) is 6. The van der Waals surface area contributed by atoms with E-state index in [9.17, 15) is 4.79 Å². The number of pyridine rings is 1. The molecule has 2 unspecified atom stereocenters. The topological polar surface area (TPSA) is 60.9 Å². The molecule has 0 bridgehead atoms. The summed E-state index contributed by atoms with van der Waals surface area (Å²) in [6.07, 6.45) is 9.86. The van der Waals surface area contributed by atoms with Gasteiger partial charge in [-0.15, -0.1) is 0 Å². The second kappa shape index (κ2) is 11.5. The highest BCUT2D eigenvalue weighted by molar-refractivity contribution is 5.77. The molecular formula is C28H39N5O2. The van der Waals surface area contributed by atoms with Gasteiger partial charge in [-0.25, -0.2) is 0 Å². The summed E-state index contributed by atoms with van der Waals surface area (Å²) in [6.45, 7) is 6.32. The molecule has 3 aliphatic rings. The van der Waals surface area contributed by atoms with E-state index < -0.39 is 0 Å². The lowest BCUT2D eigenvalue weighted by atomic mass is 9.97. The summed E-state index contributed by atoms with van der Waals surface area (Å²) in [4.78, 5) is 23.4. The number of carbonyl (C=O) groups excluding carboxylic acids is 1. The Morgan fingerprint density at radius 1 is 0.971 bits per heavy atom. The third-order valence-corrected chi connectivity index (χ3v) is 7.84. The van der Waals surface area contributed by atoms with E-state index >= 15 is 0 Å². The Kier molecular flexibility index (Phi) is 7.96. The van der Waals surface area contributed by atoms with E-state index in [4.69, 9.17) is 4.74 Å². The Bertz CT molecular complexity index is 940. The summed E-state index contributed by atoms with van der Waals surface area (Å²) < 4.78 is 6.24. The van der Waals surface area contributed by atoms with Gasteiger partial charge in [0, 0.05) is 57.2 Å². The Labute approximate surface area is 209 Å². The van der Waals surface area contributed by atoms with Gasteiger partial charge in [-0.1, -0.05) is 18.6 Å². The van der Waals surface area contributed by atoms with Gasteiger partial charge in [-0.2, -0.15) is 0 Å². The quantitative estimate of drug-likeness (QED) is 0.655. The largest absolute Gasteiger partial charge is 0.372 e. The molecule has 5 rings (SSSR count). The van der Waals surface area contributed by atoms with Crippen LogP contribution in [0.25, 0.3) is 0 Å². The molecule has 7 nitrogen and oxygen atoms in total. The van der Waals surface area contributed by atoms with Crippen LogP contribution in [-0.2, 0) is 16.1 Å². The summed E-state index contributed by atoms with van der Waals surface area (Å²) in [5, 5.41) is 3.50. The molecule has 0 saturated carbocycles. The molecule has 0 radical (unpaired) electrons. The van der Waals surface area contributed by atoms with Gasteiger partial charge in [-0.05, 0) is 80.1 Å². The van der Waals surface area contributed by atoms with Gasteiger partial charge in [0.2, 0.25) is 5.91 Å². The first kappa shape index (κ1) is 24.2. The average molecular weight is 478 g/mol. The Morgan fingerprint density at radius 3 is 2.40 bits per heavy atom. The van der Waals surface area contributed by atoms with Crippen LogP contribution in [-0.4, -0.2) is 66.9 Å². The lowest BCUT2D eigenvalue weighted by Crippen LogP contribution is -2.55. The number of likely N-dealkylation sites (tertiary alicyclic amines) is 1. The second-order valence-electron chi connectivity index (χ2n) is 10.3. The van der Waals surface area contributed by atoms with Crippen molar-refractivity contribution in [2.75, 3.05) is 44.7 Å². The van der Waals surface area contributed by atoms with Crippen molar-refractivity contribution in [2.24, 2.45) is 5.92 Å². The number of aromatic nitrogens is 1. The summed E-state index contributed by atoms with van der Waals surface area (Å²) in [7, 11) is 1.82. The smallest absolute Gasteiger partial charge is 0.227 e. The van der Waals surface area contributed by atoms with Crippen molar-refractivity contribution in [2.45, 2.75) is 57.5 Å². The maximum Gasteiger partial charge on any atom is 0.227 e. The van der Waals surface area contributed by atoms with Crippen LogP contribution >= 0.6 is 0 Å². The highest BCUT2D eigenvalue weighted by atomic mass is 16.5. The van der Waals surface area contributed by atoms with Crippen molar-refractivity contribution in [3.05, 3.63) is 59.9 Å². The molecule has 3 fully saturated rings. The van der Waals surface area contributed by atoms with Gasteiger partial charge in [0.15, 0.2) is 6.35 Å². The van der Waals surface area contributed by atoms with Crippen LogP contribution in [0.5, 0.6) is 0 Å². The fourth-order valence-electron chi connectivity index (χ4n) is 5.53. The van der Waals surface area contributed by atoms with Crippen LogP contribution in [0, 0.1) is 5.92 Å². The third-order valence-electron chi connectivity index (χ3n) is 7.84. The number of hydrogen-bond donors (Lipinski definition) is 1. The monoisotopic (exact) mass is 477 g/mol. The molecule has 7 heteroatoms. The first-order chi connectivity index (χ1) is 17.2. The van der Waals surface area contributed by atoms with Crippen molar-refractivity contribution in [1.29, 1.82) is 0 Å². The van der Waals surface area contributed by atoms with Gasteiger partial charge in [0.05, 0.1) is 6.61 Å². The molecule has 1 aromatic carbocycles. The molecule has 0 spiro atoms. The van der Waals surface area contributed by atoms with E-state index in [1.807, 2.05) is 19.2 Å². The number of nitrogens with zero attached hydrogens (tertiary/aromatic N) is 4. The van der Waals surface area contributed by atoms with Crippen LogP contribution in [0.2, 0.25) is 0 Å². The highest BCUT2D eigenvalue weighted by Gasteiger charge is 2.33. The van der Waals surface area contributed by atoms with Crippen LogP contribution in [0.3, 0.4) is 0 Å². The molecule has 3 saturated heterocycles. The number of nitrogens with one attached hydrogen (secondary N) is 1. The highest BCUT2D eigenvalue weighted by Crippen LogP contribution is 2.27. The number of anilines is 1. The van der Waals surface area contributed by atoms with Gasteiger partial charge in [-0.3, -0.25) is 20.0 Å². The van der Waals surface area contributed by atoms with E-state index in [0.717, 1.165) is 38.0 Å². The zero-order valence-corrected chi connectivity index (χ0v) is 20.9. The number of rotatable bonds is 7. The Hall–Kier alpha value is -2.48. The summed E-state index contributed by atoms with van der Waals surface area (Å²) in [6, 6.07) is 13.1. The molecule has 2 atom stereocenters. The SMILES string of the molecule is CN1C(=O)CC(c2ccncc2)NC1OCC1CCN(c2ccc(CN3CCCCC3)cc2)CC1. The Balaban J connectivity index is 1.08. The molecule has 1 aromatic heterocycles. The first-order valence-corrected chi connectivity index (χ1v) is 13.3. The minimum Gasteiger partial charge on any atom is -0.372 e. The summed E-state index contributed by atoms with van der Waals surface area (Å²) >= 11 is 0. The zero-order chi connectivity index (χ0) is 24.0. The van der Waals surface area contributed by atoms with Gasteiger partial charge >= 0.3 is 0 Å². The van der Waals surface area contributed by atoms with Crippen molar-refractivity contribution in [3.63, 3.8) is 0 Å². The van der Waals surface area contributed by atoms with E-state index in [2.05, 4.69) is 44.4 Å². The predicted molar refractivity (Wildman–Crippen MR) is 138 cm³/mol. The van der Waals surface area contributed by atoms with Crippen molar-refractivity contribution >= 4 is 11.6 Å². The normalized spacial score (nSPS) is 24.7. The van der Waals surface area contributed by atoms with E-state index in [1.54, 1.807) is 17.3 Å². The fourth-order valence-corrected chi connectivity index (χ4v) is 5.53. The van der Waals surface area contributed by atoms with Gasteiger partial charge in [0.1, 0.15) is 0 Å². The van der Waals surface area contributed by atoms with E-state index in [1.165, 1.54) is 43.6 Å². The minimum atomic E-state index is -0.389. The van der Waals surface area contributed by atoms with Crippen LogP contribution in [0.1, 0.15) is 55.7 Å². The lowest BCUT2D eigenvalue weighted by molar-refractivity contribution is -0.158. The first-order valence-electron chi connectivity index (χ1n) is 13.3. The lowest BCUT2D eigenvalue weighted by Gasteiger charge is -2.39. The molecule has 1 N–H and O–H groups in total. The molecule has 0 aliphatic carbocycles. The van der Waals surface area contributed by atoms with Crippen LogP contribution < -0.4 is 10.2 Å². The molecular weight excluding hydrogens is 438 g/mol. The maximum atomic E-state index is 12.6. The Morgan fingerprint density at radius 2 is 1.69 bits per heavy atom. The third kappa shape index (κ3) is 6.21. The van der Waals surface area contributed by atoms with Crippen LogP contribution in [0.4, 0.5) is 5.69 Å². The van der Waals surface area contributed by atoms with Gasteiger partial charge in [0.25, 0.3) is 0 Å². The number of amides is 1. The van der Waals surface area contributed by atoms with E-state index in [0.29, 0.717) is 18.9 Å². The molecule has 2 aromatic rings. The van der Waals surface area contributed by atoms with Crippen molar-refractivity contribution in [3.8, 4) is 0 Å². The molecule has 188 valence electrons. The predicted octanol–water partition coefficient (Wildman–Crippen LogP) is 3.78. The fraction of sp³-hybridized carbons (Fsp3) is 0.571. The zero-order valence-electron chi connectivity index (χ0n) is 20.9. The van der Waals surface area contributed by atoms with Crippen molar-refractivity contribution < 1.29 is 9.53 Å². The number of piperidine rings is 2. The summed E-state index contributed by atoms with van der Waals surface area (Å²) in [5.74, 6) is 0.616. The molecule has 1 amide bonds. The maximum absolute atomic E-state index is 12.6. The minimum absolute atomic E-state index is 0.0357. The molecule has 4 heterocycles. The molecule has 35 heavy (non-hydrogen) atoms. The standard InChI is InChI=1S/C28H39N5O2/c1-31-27(34)19-26(24-9-13-29-14-10-24)30-28(31)35-21-23-11-17-33(18-12-23)25-7-5-22(6-8-25)20-32-15-3-2-4-16-32/h5-10,13-14,23,26,28,30H,2-4,11-12,15-21H2,1H3. The number of ether oxygens (including phenoxy) is 1. The average Bonchev–Trinajstić information content (AvgIpc) is 2.91. The van der Waals surface area contributed by atoms with Crippen molar-refractivity contribution in [1.82, 2.24) is 20.1 Å². The van der Waals surface area contributed by atoms with Crippen LogP contribution in [0.15, 0.2) is 48.8 Å². The number of carbonyl (C=O) groups is 1. The van der Waals surface area contributed by atoms with Gasteiger partial charge < -0.3 is 14.5 Å². The van der Waals surface area contributed by atoms with E-state index in [-0.39, 0.29) is 18.3 Å². The number of benzene rings is 1. The summed E-state index contributed by atoms with van der Waals surface area (Å²) in [5.41, 5.74) is 3.82. The second-order valence-corrected chi connectivity index (χ2v) is 10.3.